The highest BCUT2D eigenvalue weighted by molar-refractivity contribution is 6.32. The third kappa shape index (κ3) is 6.89. The molecule has 3 aromatic carbocycles. The first kappa shape index (κ1) is 35.8. The lowest BCUT2D eigenvalue weighted by molar-refractivity contribution is -0.136. The molecule has 1 aliphatic carbocycles. The Morgan fingerprint density at radius 1 is 0.981 bits per heavy atom. The number of nitrogens with one attached hydrogen (secondary N) is 2. The van der Waals surface area contributed by atoms with Crippen molar-refractivity contribution in [1.29, 1.82) is 5.26 Å². The van der Waals surface area contributed by atoms with Crippen LogP contribution in [0.15, 0.2) is 53.1 Å². The van der Waals surface area contributed by atoms with Gasteiger partial charge in [0.05, 0.1) is 33.1 Å². The quantitative estimate of drug-likeness (QED) is 0.168. The standard InChI is InChI=1S/C40H38ClFN6O5/c1-21-4-9-26(37-22(2)46-53-23(37)3)14-35(21)47(28-11-10-27(18-43)31(41)15-28)20-25-7-5-24(6-8-25)19-44-33-17-30-29(16-32(33)42)39(51)48(40(30)52)34-12-13-36(49)45-38(34)50/h4,9-11,14-17,24-25,34,44H,5-8,12-13,19-20H2,1-3H3,(H,45,49,50)/t24-,25-,34?. The van der Waals surface area contributed by atoms with E-state index in [0.717, 1.165) is 76.2 Å². The molecule has 0 spiro atoms. The van der Waals surface area contributed by atoms with Crippen LogP contribution in [0.25, 0.3) is 11.1 Å². The molecule has 2 fully saturated rings. The first-order valence-corrected chi connectivity index (χ1v) is 18.1. The summed E-state index contributed by atoms with van der Waals surface area (Å²) < 4.78 is 20.7. The summed E-state index contributed by atoms with van der Waals surface area (Å²) in [6.45, 7) is 7.09. The average molecular weight is 737 g/mol. The van der Waals surface area contributed by atoms with Crippen LogP contribution in [0.2, 0.25) is 5.02 Å². The number of nitrogens with zero attached hydrogens (tertiary/aromatic N) is 4. The molecule has 0 bridgehead atoms. The molecule has 0 radical (unpaired) electrons. The number of nitriles is 1. The SMILES string of the molecule is Cc1ccc(-c2c(C)noc2C)cc1N(C[C@H]1CC[C@H](CNc2cc3c(cc2F)C(=O)N(C2CCC(=O)NC2=O)C3=O)CC1)c1ccc(C#N)c(Cl)c1. The van der Waals surface area contributed by atoms with E-state index < -0.39 is 35.5 Å². The summed E-state index contributed by atoms with van der Waals surface area (Å²) in [5.74, 6) is -1.93. The summed E-state index contributed by atoms with van der Waals surface area (Å²) in [4.78, 5) is 53.5. The van der Waals surface area contributed by atoms with Gasteiger partial charge in [0.2, 0.25) is 11.8 Å². The third-order valence-electron chi connectivity index (χ3n) is 10.7. The molecule has 1 unspecified atom stereocenters. The maximum Gasteiger partial charge on any atom is 0.262 e. The minimum Gasteiger partial charge on any atom is -0.382 e. The second-order valence-electron chi connectivity index (χ2n) is 14.2. The van der Waals surface area contributed by atoms with Crippen LogP contribution in [0.3, 0.4) is 0 Å². The molecule has 1 saturated heterocycles. The molecule has 7 rings (SSSR count). The van der Waals surface area contributed by atoms with E-state index in [1.54, 1.807) is 6.07 Å². The summed E-state index contributed by atoms with van der Waals surface area (Å²) in [6, 6.07) is 15.2. The van der Waals surface area contributed by atoms with Gasteiger partial charge < -0.3 is 14.7 Å². The topological polar surface area (TPSA) is 149 Å². The van der Waals surface area contributed by atoms with Gasteiger partial charge in [-0.15, -0.1) is 0 Å². The molecular weight excluding hydrogens is 699 g/mol. The smallest absolute Gasteiger partial charge is 0.262 e. The zero-order valence-corrected chi connectivity index (χ0v) is 30.3. The predicted octanol–water partition coefficient (Wildman–Crippen LogP) is 7.39. The number of amides is 4. The lowest BCUT2D eigenvalue weighted by Crippen LogP contribution is -2.54. The molecule has 11 nitrogen and oxygen atoms in total. The Hall–Kier alpha value is -5.54. The molecule has 272 valence electrons. The minimum atomic E-state index is -1.12. The number of hydrogen-bond donors (Lipinski definition) is 2. The highest BCUT2D eigenvalue weighted by Gasteiger charge is 2.45. The van der Waals surface area contributed by atoms with Gasteiger partial charge in [-0.2, -0.15) is 5.26 Å². The van der Waals surface area contributed by atoms with Crippen molar-refractivity contribution in [1.82, 2.24) is 15.4 Å². The van der Waals surface area contributed by atoms with Gasteiger partial charge in [0, 0.05) is 36.4 Å². The number of aryl methyl sites for hydroxylation is 3. The fraction of sp³-hybridized carbons (Fsp3) is 0.350. The number of anilines is 3. The van der Waals surface area contributed by atoms with Crippen LogP contribution in [-0.2, 0) is 9.59 Å². The van der Waals surface area contributed by atoms with Crippen LogP contribution < -0.4 is 15.5 Å². The van der Waals surface area contributed by atoms with Crippen LogP contribution in [0.5, 0.6) is 0 Å². The number of carbonyl (C=O) groups excluding carboxylic acids is 4. The molecule has 1 atom stereocenters. The van der Waals surface area contributed by atoms with Gasteiger partial charge in [-0.25, -0.2) is 4.39 Å². The highest BCUT2D eigenvalue weighted by Crippen LogP contribution is 2.39. The molecule has 4 amide bonds. The fourth-order valence-corrected chi connectivity index (χ4v) is 8.03. The molecule has 53 heavy (non-hydrogen) atoms. The Morgan fingerprint density at radius 3 is 2.36 bits per heavy atom. The van der Waals surface area contributed by atoms with Crippen LogP contribution in [0, 0.1) is 49.8 Å². The maximum atomic E-state index is 15.3. The van der Waals surface area contributed by atoms with Gasteiger partial charge in [0.15, 0.2) is 0 Å². The summed E-state index contributed by atoms with van der Waals surface area (Å²) in [5.41, 5.74) is 6.21. The number of rotatable bonds is 9. The van der Waals surface area contributed by atoms with Gasteiger partial charge in [-0.05, 0) is 112 Å². The Balaban J connectivity index is 1.04. The van der Waals surface area contributed by atoms with E-state index in [4.69, 9.17) is 16.1 Å². The van der Waals surface area contributed by atoms with Crippen LogP contribution in [-0.4, -0.2) is 52.8 Å². The number of fused-ring (bicyclic) bond motifs is 1. The second kappa shape index (κ2) is 14.5. The van der Waals surface area contributed by atoms with Crippen molar-refractivity contribution in [3.63, 3.8) is 0 Å². The van der Waals surface area contributed by atoms with E-state index in [0.29, 0.717) is 29.6 Å². The van der Waals surface area contributed by atoms with E-state index in [2.05, 4.69) is 51.9 Å². The molecule has 1 aromatic heterocycles. The van der Waals surface area contributed by atoms with Crippen LogP contribution in [0.4, 0.5) is 21.5 Å². The minimum absolute atomic E-state index is 0.00527. The molecule has 1 saturated carbocycles. The van der Waals surface area contributed by atoms with E-state index in [-0.39, 0.29) is 35.6 Å². The molecule has 3 heterocycles. The first-order valence-electron chi connectivity index (χ1n) is 17.7. The number of carbonyl (C=O) groups is 4. The van der Waals surface area contributed by atoms with Crippen molar-refractivity contribution in [2.45, 2.75) is 65.3 Å². The second-order valence-corrected chi connectivity index (χ2v) is 14.6. The third-order valence-corrected chi connectivity index (χ3v) is 11.0. The molecular formula is C40H38ClFN6O5. The van der Waals surface area contributed by atoms with E-state index >= 15 is 4.39 Å². The summed E-state index contributed by atoms with van der Waals surface area (Å²) in [6.07, 6.45) is 3.67. The zero-order valence-electron chi connectivity index (χ0n) is 29.6. The number of benzene rings is 3. The monoisotopic (exact) mass is 736 g/mol. The van der Waals surface area contributed by atoms with Crippen LogP contribution in [0.1, 0.15) is 81.8 Å². The van der Waals surface area contributed by atoms with Crippen LogP contribution >= 0.6 is 11.6 Å². The first-order chi connectivity index (χ1) is 25.4. The lowest BCUT2D eigenvalue weighted by atomic mass is 9.81. The van der Waals surface area contributed by atoms with Crippen molar-refractivity contribution in [3.05, 3.63) is 93.1 Å². The van der Waals surface area contributed by atoms with Gasteiger partial charge in [-0.1, -0.05) is 28.9 Å². The maximum absolute atomic E-state index is 15.3. The Morgan fingerprint density at radius 2 is 1.70 bits per heavy atom. The van der Waals surface area contributed by atoms with Gasteiger partial charge >= 0.3 is 0 Å². The van der Waals surface area contributed by atoms with Gasteiger partial charge in [0.1, 0.15) is 23.7 Å². The van der Waals surface area contributed by atoms with Crippen molar-refractivity contribution in [2.75, 3.05) is 23.3 Å². The Kier molecular flexibility index (Phi) is 9.79. The Bertz CT molecular complexity index is 2180. The van der Waals surface area contributed by atoms with E-state index in [1.165, 1.54) is 6.07 Å². The fourth-order valence-electron chi connectivity index (χ4n) is 7.81. The average Bonchev–Trinajstić information content (AvgIpc) is 3.59. The zero-order chi connectivity index (χ0) is 37.6. The Labute approximate surface area is 311 Å². The van der Waals surface area contributed by atoms with E-state index in [9.17, 15) is 24.4 Å². The number of hydrogen-bond acceptors (Lipinski definition) is 9. The van der Waals surface area contributed by atoms with Gasteiger partial charge in [-0.3, -0.25) is 29.4 Å². The molecule has 3 aliphatic rings. The highest BCUT2D eigenvalue weighted by atomic mass is 35.5. The van der Waals surface area contributed by atoms with Crippen molar-refractivity contribution in [2.24, 2.45) is 11.8 Å². The largest absolute Gasteiger partial charge is 0.382 e. The molecule has 4 aromatic rings. The summed E-state index contributed by atoms with van der Waals surface area (Å²) >= 11 is 6.54. The van der Waals surface area contributed by atoms with E-state index in [1.807, 2.05) is 26.0 Å². The lowest BCUT2D eigenvalue weighted by Gasteiger charge is -2.35. The molecule has 2 N–H and O–H groups in total. The predicted molar refractivity (Wildman–Crippen MR) is 196 cm³/mol. The van der Waals surface area contributed by atoms with Crippen molar-refractivity contribution in [3.8, 4) is 17.2 Å². The number of aromatic nitrogens is 1. The normalized spacial score (nSPS) is 19.9. The molecule has 13 heteroatoms. The molecule has 2 aliphatic heterocycles. The van der Waals surface area contributed by atoms with Crippen molar-refractivity contribution < 1.29 is 28.1 Å². The number of imide groups is 2. The van der Waals surface area contributed by atoms with Crippen molar-refractivity contribution >= 4 is 52.3 Å². The number of halogens is 2. The summed E-state index contributed by atoms with van der Waals surface area (Å²) in [7, 11) is 0. The van der Waals surface area contributed by atoms with Gasteiger partial charge in [0.25, 0.3) is 11.8 Å². The summed E-state index contributed by atoms with van der Waals surface area (Å²) in [5, 5.41) is 19.4. The number of piperidine rings is 1.